The number of nitro benzene ring substituents is 1. The van der Waals surface area contributed by atoms with Gasteiger partial charge < -0.3 is 4.52 Å². The summed E-state index contributed by atoms with van der Waals surface area (Å²) in [7, 11) is 0. The molecule has 140 valence electrons. The second-order valence-electron chi connectivity index (χ2n) is 5.51. The quantitative estimate of drug-likeness (QED) is 0.427. The average Bonchev–Trinajstić information content (AvgIpc) is 3.10. The number of nitrogens with zero attached hydrogens (tertiary/aromatic N) is 3. The number of thioether (sulfide) groups is 1. The van der Waals surface area contributed by atoms with Gasteiger partial charge in [-0.1, -0.05) is 29.4 Å². The number of benzene rings is 2. The number of hydrogen-bond acceptors (Lipinski definition) is 6. The summed E-state index contributed by atoms with van der Waals surface area (Å²) in [6.45, 7) is 0. The number of alkyl halides is 3. The second kappa shape index (κ2) is 7.78. The maximum absolute atomic E-state index is 12.8. The molecule has 0 aliphatic heterocycles. The number of nitro groups is 1. The van der Waals surface area contributed by atoms with Crippen LogP contribution >= 0.6 is 11.8 Å². The topological polar surface area (TPSA) is 82.1 Å². The molecule has 3 rings (SSSR count). The summed E-state index contributed by atoms with van der Waals surface area (Å²) < 4.78 is 43.4. The molecule has 0 N–H and O–H groups in total. The molecule has 0 radical (unpaired) electrons. The first kappa shape index (κ1) is 18.9. The van der Waals surface area contributed by atoms with Crippen LogP contribution in [0.25, 0.3) is 11.4 Å². The lowest BCUT2D eigenvalue weighted by Crippen LogP contribution is -2.04. The summed E-state index contributed by atoms with van der Waals surface area (Å²) in [6.07, 6.45) is -4.45. The summed E-state index contributed by atoms with van der Waals surface area (Å²) in [4.78, 5) is 14.4. The fraction of sp³-hybridized carbons (Fsp3) is 0.176. The van der Waals surface area contributed by atoms with E-state index in [9.17, 15) is 23.3 Å². The van der Waals surface area contributed by atoms with Gasteiger partial charge >= 0.3 is 6.18 Å². The van der Waals surface area contributed by atoms with E-state index >= 15 is 0 Å². The van der Waals surface area contributed by atoms with Gasteiger partial charge in [-0.15, -0.1) is 11.8 Å². The van der Waals surface area contributed by atoms with E-state index in [4.69, 9.17) is 4.52 Å². The van der Waals surface area contributed by atoms with Crippen molar-refractivity contribution in [1.29, 1.82) is 0 Å². The Morgan fingerprint density at radius 1 is 1.11 bits per heavy atom. The Kier molecular flexibility index (Phi) is 5.45. The summed E-state index contributed by atoms with van der Waals surface area (Å²) in [5, 5.41) is 14.5. The molecule has 1 heterocycles. The molecule has 0 saturated heterocycles. The molecule has 27 heavy (non-hydrogen) atoms. The van der Waals surface area contributed by atoms with Crippen LogP contribution in [0.15, 0.2) is 53.1 Å². The van der Waals surface area contributed by atoms with Crippen molar-refractivity contribution in [3.8, 4) is 11.4 Å². The molecule has 3 aromatic rings. The van der Waals surface area contributed by atoms with Crippen LogP contribution in [0.4, 0.5) is 18.9 Å². The zero-order chi connectivity index (χ0) is 19.4. The van der Waals surface area contributed by atoms with Gasteiger partial charge in [0.05, 0.1) is 16.2 Å². The number of rotatable bonds is 6. The van der Waals surface area contributed by atoms with E-state index in [0.717, 1.165) is 17.7 Å². The minimum absolute atomic E-state index is 0.0118. The van der Waals surface area contributed by atoms with Crippen molar-refractivity contribution in [3.63, 3.8) is 0 Å². The first-order chi connectivity index (χ1) is 12.8. The first-order valence-corrected chi connectivity index (χ1v) is 8.80. The molecule has 0 atom stereocenters. The van der Waals surface area contributed by atoms with Gasteiger partial charge in [0.25, 0.3) is 5.69 Å². The largest absolute Gasteiger partial charge is 0.416 e. The molecule has 0 saturated carbocycles. The maximum atomic E-state index is 12.8. The lowest BCUT2D eigenvalue weighted by atomic mass is 10.1. The number of aromatic nitrogens is 2. The highest BCUT2D eigenvalue weighted by Crippen LogP contribution is 2.31. The van der Waals surface area contributed by atoms with E-state index in [2.05, 4.69) is 10.1 Å². The van der Waals surface area contributed by atoms with E-state index < -0.39 is 16.7 Å². The molecule has 0 aliphatic rings. The summed E-state index contributed by atoms with van der Waals surface area (Å²) in [5.74, 6) is 1.15. The van der Waals surface area contributed by atoms with Gasteiger partial charge in [0, 0.05) is 23.4 Å². The summed E-state index contributed by atoms with van der Waals surface area (Å²) in [5.41, 5.74) is 0.208. The highest BCUT2D eigenvalue weighted by Gasteiger charge is 2.30. The van der Waals surface area contributed by atoms with Crippen molar-refractivity contribution >= 4 is 17.4 Å². The van der Waals surface area contributed by atoms with Crippen LogP contribution < -0.4 is 0 Å². The van der Waals surface area contributed by atoms with Crippen LogP contribution in [-0.4, -0.2) is 15.1 Å². The van der Waals surface area contributed by atoms with E-state index in [1.54, 1.807) is 12.1 Å². The molecule has 0 aliphatic carbocycles. The van der Waals surface area contributed by atoms with E-state index in [-0.39, 0.29) is 23.0 Å². The highest BCUT2D eigenvalue weighted by molar-refractivity contribution is 7.97. The third-order valence-electron chi connectivity index (χ3n) is 3.53. The summed E-state index contributed by atoms with van der Waals surface area (Å²) in [6, 6.07) is 11.0. The van der Waals surface area contributed by atoms with Crippen molar-refractivity contribution in [2.24, 2.45) is 0 Å². The van der Waals surface area contributed by atoms with Gasteiger partial charge in [0.2, 0.25) is 11.7 Å². The molecular formula is C17H12F3N3O3S. The van der Waals surface area contributed by atoms with Gasteiger partial charge in [-0.25, -0.2) is 0 Å². The predicted octanol–water partition coefficient (Wildman–Crippen LogP) is 5.10. The molecule has 6 nitrogen and oxygen atoms in total. The van der Waals surface area contributed by atoms with Crippen molar-refractivity contribution < 1.29 is 22.6 Å². The minimum atomic E-state index is -4.45. The van der Waals surface area contributed by atoms with Crippen LogP contribution in [-0.2, 0) is 17.7 Å². The third kappa shape index (κ3) is 4.85. The Morgan fingerprint density at radius 3 is 2.63 bits per heavy atom. The average molecular weight is 395 g/mol. The number of halogens is 3. The Morgan fingerprint density at radius 2 is 1.89 bits per heavy atom. The zero-order valence-corrected chi connectivity index (χ0v) is 14.5. The fourth-order valence-electron chi connectivity index (χ4n) is 2.28. The zero-order valence-electron chi connectivity index (χ0n) is 13.6. The van der Waals surface area contributed by atoms with Crippen molar-refractivity contribution in [2.45, 2.75) is 17.7 Å². The van der Waals surface area contributed by atoms with Crippen LogP contribution in [0.3, 0.4) is 0 Å². The first-order valence-electron chi connectivity index (χ1n) is 7.64. The minimum Gasteiger partial charge on any atom is -0.338 e. The van der Waals surface area contributed by atoms with Crippen LogP contribution in [0.2, 0.25) is 0 Å². The van der Waals surface area contributed by atoms with E-state index in [1.807, 2.05) is 0 Å². The molecule has 0 spiro atoms. The predicted molar refractivity (Wildman–Crippen MR) is 92.8 cm³/mol. The van der Waals surface area contributed by atoms with Crippen molar-refractivity contribution in [2.75, 3.05) is 0 Å². The molecule has 0 unspecified atom stereocenters. The molecular weight excluding hydrogens is 383 g/mol. The standard InChI is InChI=1S/C17H12F3N3O3S/c18-17(19,20)13-5-2-4-12(8-13)16-21-15(26-22-16)10-27-9-11-3-1-6-14(7-11)23(24)25/h1-8H,9-10H2. The Balaban J connectivity index is 1.63. The Bertz CT molecular complexity index is 960. The summed E-state index contributed by atoms with van der Waals surface area (Å²) >= 11 is 1.40. The number of hydrogen-bond donors (Lipinski definition) is 0. The molecule has 0 amide bonds. The van der Waals surface area contributed by atoms with Gasteiger partial charge in [-0.3, -0.25) is 10.1 Å². The molecule has 1 aromatic heterocycles. The third-order valence-corrected chi connectivity index (χ3v) is 4.52. The highest BCUT2D eigenvalue weighted by atomic mass is 32.2. The Labute approximate surface area is 155 Å². The fourth-order valence-corrected chi connectivity index (χ4v) is 3.09. The van der Waals surface area contributed by atoms with Crippen LogP contribution in [0, 0.1) is 10.1 Å². The van der Waals surface area contributed by atoms with Crippen molar-refractivity contribution in [1.82, 2.24) is 10.1 Å². The molecule has 0 bridgehead atoms. The second-order valence-corrected chi connectivity index (χ2v) is 6.50. The Hall–Kier alpha value is -2.88. The van der Waals surface area contributed by atoms with Crippen LogP contribution in [0.1, 0.15) is 17.0 Å². The normalized spacial score (nSPS) is 11.5. The van der Waals surface area contributed by atoms with E-state index in [0.29, 0.717) is 11.5 Å². The van der Waals surface area contributed by atoms with E-state index in [1.165, 1.54) is 36.0 Å². The lowest BCUT2D eigenvalue weighted by Gasteiger charge is -2.06. The monoisotopic (exact) mass is 395 g/mol. The van der Waals surface area contributed by atoms with Crippen LogP contribution in [0.5, 0.6) is 0 Å². The van der Waals surface area contributed by atoms with Gasteiger partial charge in [0.1, 0.15) is 0 Å². The van der Waals surface area contributed by atoms with Gasteiger partial charge in [-0.2, -0.15) is 18.2 Å². The molecule has 10 heteroatoms. The van der Waals surface area contributed by atoms with Gasteiger partial charge in [0.15, 0.2) is 0 Å². The smallest absolute Gasteiger partial charge is 0.338 e. The molecule has 2 aromatic carbocycles. The molecule has 0 fully saturated rings. The number of non-ortho nitro benzene ring substituents is 1. The van der Waals surface area contributed by atoms with Crippen molar-refractivity contribution in [3.05, 3.63) is 75.7 Å². The maximum Gasteiger partial charge on any atom is 0.416 e. The SMILES string of the molecule is O=[N+]([O-])c1cccc(CSCc2nc(-c3cccc(C(F)(F)F)c3)no2)c1. The van der Waals surface area contributed by atoms with Gasteiger partial charge in [-0.05, 0) is 17.7 Å². The lowest BCUT2D eigenvalue weighted by molar-refractivity contribution is -0.384.